The molecule has 32 heavy (non-hydrogen) atoms. The predicted molar refractivity (Wildman–Crippen MR) is 123 cm³/mol. The molecule has 2 saturated heterocycles. The summed E-state index contributed by atoms with van der Waals surface area (Å²) in [7, 11) is -0.329. The number of hydrogen-bond donors (Lipinski definition) is 1. The molecule has 3 rings (SSSR count). The van der Waals surface area contributed by atoms with E-state index in [9.17, 15) is 14.7 Å². The maximum absolute atomic E-state index is 12.4. The Bertz CT molecular complexity index is 829. The zero-order valence-corrected chi connectivity index (χ0v) is 20.3. The van der Waals surface area contributed by atoms with Crippen molar-refractivity contribution in [2.24, 2.45) is 5.92 Å². The van der Waals surface area contributed by atoms with Gasteiger partial charge < -0.3 is 24.1 Å². The summed E-state index contributed by atoms with van der Waals surface area (Å²) in [6.07, 6.45) is 0.516. The van der Waals surface area contributed by atoms with Gasteiger partial charge in [0.2, 0.25) is 0 Å². The van der Waals surface area contributed by atoms with Gasteiger partial charge in [0.05, 0.1) is 16.8 Å². The molecule has 1 aromatic carbocycles. The summed E-state index contributed by atoms with van der Waals surface area (Å²) in [5, 5.41) is 9.55. The van der Waals surface area contributed by atoms with Gasteiger partial charge >= 0.3 is 19.2 Å². The molecule has 0 spiro atoms. The van der Waals surface area contributed by atoms with Crippen molar-refractivity contribution in [3.63, 3.8) is 0 Å². The standard InChI is InChI=1S/C24H36BNO6/c1-22(2,3)30-20(27)17-10-8-16(9-11-17)19-15-26(21(28)29)13-12-18(19)14-25-31-23(4,5)24(6,7)32-25/h8-11,18-19H,12-15H2,1-7H3,(H,28,29). The number of nitrogens with zero attached hydrogens (tertiary/aromatic N) is 1. The molecule has 1 N–H and O–H groups in total. The smallest absolute Gasteiger partial charge is 0.458 e. The number of carbonyl (C=O) groups is 2. The van der Waals surface area contributed by atoms with Crippen LogP contribution in [0.1, 0.15) is 76.7 Å². The Morgan fingerprint density at radius 2 is 1.69 bits per heavy atom. The quantitative estimate of drug-likeness (QED) is 0.529. The Morgan fingerprint density at radius 1 is 1.12 bits per heavy atom. The number of carbonyl (C=O) groups excluding carboxylic acids is 1. The number of hydrogen-bond acceptors (Lipinski definition) is 5. The molecule has 7 nitrogen and oxygen atoms in total. The fourth-order valence-corrected chi connectivity index (χ4v) is 4.35. The molecule has 0 aliphatic carbocycles. The molecule has 1 aromatic rings. The van der Waals surface area contributed by atoms with Gasteiger partial charge in [-0.3, -0.25) is 0 Å². The van der Waals surface area contributed by atoms with Crippen molar-refractivity contribution < 1.29 is 28.7 Å². The Hall–Kier alpha value is -2.06. The second-order valence-electron chi connectivity index (χ2n) is 10.9. The minimum atomic E-state index is -0.908. The Labute approximate surface area is 191 Å². The van der Waals surface area contributed by atoms with Crippen LogP contribution in [0.25, 0.3) is 0 Å². The monoisotopic (exact) mass is 445 g/mol. The normalized spacial score (nSPS) is 25.0. The lowest BCUT2D eigenvalue weighted by Gasteiger charge is -2.38. The van der Waals surface area contributed by atoms with Gasteiger partial charge in [-0.05, 0) is 84.8 Å². The molecule has 176 valence electrons. The highest BCUT2D eigenvalue weighted by Gasteiger charge is 2.52. The van der Waals surface area contributed by atoms with E-state index in [2.05, 4.69) is 0 Å². The molecule has 2 atom stereocenters. The van der Waals surface area contributed by atoms with Crippen molar-refractivity contribution in [1.82, 2.24) is 4.90 Å². The number of ether oxygens (including phenoxy) is 1. The number of piperidine rings is 1. The lowest BCUT2D eigenvalue weighted by molar-refractivity contribution is 0.00578. The van der Waals surface area contributed by atoms with Crippen LogP contribution < -0.4 is 0 Å². The summed E-state index contributed by atoms with van der Waals surface area (Å²) in [6.45, 7) is 14.5. The predicted octanol–water partition coefficient (Wildman–Crippen LogP) is 4.82. The van der Waals surface area contributed by atoms with Crippen molar-refractivity contribution >= 4 is 19.2 Å². The Morgan fingerprint density at radius 3 is 2.19 bits per heavy atom. The van der Waals surface area contributed by atoms with Gasteiger partial charge in [0.25, 0.3) is 0 Å². The molecule has 0 saturated carbocycles. The molecule has 0 aromatic heterocycles. The van der Waals surface area contributed by atoms with E-state index in [1.165, 1.54) is 4.90 Å². The van der Waals surface area contributed by atoms with E-state index in [0.717, 1.165) is 12.0 Å². The Balaban J connectivity index is 1.78. The van der Waals surface area contributed by atoms with E-state index in [4.69, 9.17) is 14.0 Å². The number of rotatable bonds is 4. The molecular formula is C24H36BNO6. The molecule has 8 heteroatoms. The maximum atomic E-state index is 12.4. The van der Waals surface area contributed by atoms with Crippen molar-refractivity contribution in [1.29, 1.82) is 0 Å². The van der Waals surface area contributed by atoms with Crippen LogP contribution >= 0.6 is 0 Å². The van der Waals surface area contributed by atoms with E-state index in [-0.39, 0.29) is 24.9 Å². The van der Waals surface area contributed by atoms with Gasteiger partial charge in [0.15, 0.2) is 0 Å². The van der Waals surface area contributed by atoms with Crippen LogP contribution in [0.3, 0.4) is 0 Å². The molecule has 0 bridgehead atoms. The minimum Gasteiger partial charge on any atom is -0.465 e. The lowest BCUT2D eigenvalue weighted by Crippen LogP contribution is -2.43. The molecule has 2 unspecified atom stereocenters. The van der Waals surface area contributed by atoms with Crippen LogP contribution in [-0.4, -0.2) is 59.1 Å². The third kappa shape index (κ3) is 5.46. The molecule has 2 aliphatic rings. The van der Waals surface area contributed by atoms with Crippen LogP contribution in [0.15, 0.2) is 24.3 Å². The topological polar surface area (TPSA) is 85.3 Å². The highest BCUT2D eigenvalue weighted by atomic mass is 16.7. The first-order valence-corrected chi connectivity index (χ1v) is 11.4. The number of benzene rings is 1. The Kier molecular flexibility index (Phi) is 6.69. The molecule has 2 aliphatic heterocycles. The number of esters is 1. The number of amides is 1. The van der Waals surface area contributed by atoms with Crippen molar-refractivity contribution in [3.8, 4) is 0 Å². The highest BCUT2D eigenvalue weighted by molar-refractivity contribution is 6.45. The summed E-state index contributed by atoms with van der Waals surface area (Å²) in [4.78, 5) is 25.5. The maximum Gasteiger partial charge on any atom is 0.458 e. The van der Waals surface area contributed by atoms with E-state index in [1.807, 2.05) is 60.6 Å². The van der Waals surface area contributed by atoms with E-state index >= 15 is 0 Å². The first kappa shape index (κ1) is 24.6. The van der Waals surface area contributed by atoms with Crippen LogP contribution in [0.2, 0.25) is 6.32 Å². The van der Waals surface area contributed by atoms with Gasteiger partial charge in [-0.15, -0.1) is 0 Å². The third-order valence-electron chi connectivity index (χ3n) is 6.80. The highest BCUT2D eigenvalue weighted by Crippen LogP contribution is 2.42. The zero-order chi connectivity index (χ0) is 23.9. The first-order chi connectivity index (χ1) is 14.7. The summed E-state index contributed by atoms with van der Waals surface area (Å²) in [5.41, 5.74) is 0.130. The van der Waals surface area contributed by atoms with E-state index in [1.54, 1.807) is 12.1 Å². The van der Waals surface area contributed by atoms with Crippen molar-refractivity contribution in [2.75, 3.05) is 13.1 Å². The van der Waals surface area contributed by atoms with Crippen molar-refractivity contribution in [2.45, 2.75) is 83.9 Å². The van der Waals surface area contributed by atoms with Crippen LogP contribution in [0.5, 0.6) is 0 Å². The summed E-state index contributed by atoms with van der Waals surface area (Å²) >= 11 is 0. The largest absolute Gasteiger partial charge is 0.465 e. The number of carboxylic acid groups (broad SMARTS) is 1. The molecule has 2 fully saturated rings. The molecular weight excluding hydrogens is 409 g/mol. The fraction of sp³-hybridized carbons (Fsp3) is 0.667. The minimum absolute atomic E-state index is 0.00781. The van der Waals surface area contributed by atoms with Gasteiger partial charge in [-0.2, -0.15) is 0 Å². The molecule has 2 heterocycles. The first-order valence-electron chi connectivity index (χ1n) is 11.4. The summed E-state index contributed by atoms with van der Waals surface area (Å²) in [6, 6.07) is 7.34. The molecule has 1 amide bonds. The lowest BCUT2D eigenvalue weighted by atomic mass is 9.68. The average Bonchev–Trinajstić information content (AvgIpc) is 2.86. The van der Waals surface area contributed by atoms with Crippen LogP contribution in [0.4, 0.5) is 4.79 Å². The SMILES string of the molecule is CC(C)(C)OC(=O)c1ccc(C2CN(C(=O)O)CCC2CB2OC(C)(C)C(C)(C)O2)cc1. The summed E-state index contributed by atoms with van der Waals surface area (Å²) in [5.74, 6) is -0.173. The van der Waals surface area contributed by atoms with Gasteiger partial charge in [-0.1, -0.05) is 12.1 Å². The summed E-state index contributed by atoms with van der Waals surface area (Å²) < 4.78 is 17.9. The van der Waals surface area contributed by atoms with E-state index < -0.39 is 22.9 Å². The second kappa shape index (κ2) is 8.71. The van der Waals surface area contributed by atoms with Crippen molar-refractivity contribution in [3.05, 3.63) is 35.4 Å². The van der Waals surface area contributed by atoms with Gasteiger partial charge in [-0.25, -0.2) is 9.59 Å². The van der Waals surface area contributed by atoms with Gasteiger partial charge in [0.1, 0.15) is 5.60 Å². The van der Waals surface area contributed by atoms with E-state index in [0.29, 0.717) is 25.0 Å². The average molecular weight is 445 g/mol. The second-order valence-corrected chi connectivity index (χ2v) is 10.9. The van der Waals surface area contributed by atoms with Gasteiger partial charge in [0, 0.05) is 19.0 Å². The number of likely N-dealkylation sites (tertiary alicyclic amines) is 1. The van der Waals surface area contributed by atoms with Crippen LogP contribution in [-0.2, 0) is 14.0 Å². The third-order valence-corrected chi connectivity index (χ3v) is 6.80. The zero-order valence-electron chi connectivity index (χ0n) is 20.3. The molecule has 0 radical (unpaired) electrons. The van der Waals surface area contributed by atoms with Crippen LogP contribution in [0, 0.1) is 5.92 Å². The fourth-order valence-electron chi connectivity index (χ4n) is 4.35.